The summed E-state index contributed by atoms with van der Waals surface area (Å²) in [6.07, 6.45) is 0. The lowest BCUT2D eigenvalue weighted by molar-refractivity contribution is -0.118. The molecule has 4 rings (SSSR count). The second-order valence-electron chi connectivity index (χ2n) is 8.66. The molecule has 0 atom stereocenters. The molecule has 3 aromatic carbocycles. The topological polar surface area (TPSA) is 110 Å². The van der Waals surface area contributed by atoms with Gasteiger partial charge in [0.15, 0.2) is 12.4 Å². The molecule has 0 aliphatic carbocycles. The number of nitrogens with one attached hydrogen (secondary N) is 1. The Morgan fingerprint density at radius 1 is 0.806 bits per heavy atom. The van der Waals surface area contributed by atoms with Gasteiger partial charge in [-0.1, -0.05) is 38.1 Å². The molecule has 0 bridgehead atoms. The van der Waals surface area contributed by atoms with E-state index in [0.717, 1.165) is 4.90 Å². The maximum atomic E-state index is 12.5. The lowest BCUT2D eigenvalue weighted by Gasteiger charge is -2.14. The molecule has 0 radical (unpaired) electrons. The van der Waals surface area contributed by atoms with Crippen LogP contribution in [-0.4, -0.2) is 41.0 Å². The van der Waals surface area contributed by atoms with Gasteiger partial charge < -0.3 is 10.1 Å². The van der Waals surface area contributed by atoms with Crippen molar-refractivity contribution in [1.29, 1.82) is 0 Å². The second-order valence-corrected chi connectivity index (χ2v) is 8.66. The fourth-order valence-corrected chi connectivity index (χ4v) is 3.64. The SMILES string of the molecule is CC(C)C(=O)Nc1ccc(C(=O)COC(=O)c2ccc(CN3C(=O)c4ccccc4C3=O)cc2)cc1. The van der Waals surface area contributed by atoms with Crippen LogP contribution < -0.4 is 5.32 Å². The summed E-state index contributed by atoms with van der Waals surface area (Å²) in [6.45, 7) is 3.20. The zero-order chi connectivity index (χ0) is 25.8. The van der Waals surface area contributed by atoms with Gasteiger partial charge in [-0.3, -0.25) is 24.1 Å². The van der Waals surface area contributed by atoms with Crippen LogP contribution in [0.25, 0.3) is 0 Å². The zero-order valence-electron chi connectivity index (χ0n) is 19.8. The predicted octanol–water partition coefficient (Wildman–Crippen LogP) is 4.12. The van der Waals surface area contributed by atoms with Crippen molar-refractivity contribution < 1.29 is 28.7 Å². The Bertz CT molecular complexity index is 1310. The van der Waals surface area contributed by atoms with Crippen molar-refractivity contribution in [3.8, 4) is 0 Å². The van der Waals surface area contributed by atoms with E-state index in [1.807, 2.05) is 0 Å². The third kappa shape index (κ3) is 5.22. The van der Waals surface area contributed by atoms with Crippen molar-refractivity contribution in [2.24, 2.45) is 5.92 Å². The summed E-state index contributed by atoms with van der Waals surface area (Å²) in [7, 11) is 0. The molecule has 1 aliphatic rings. The van der Waals surface area contributed by atoms with Gasteiger partial charge in [0, 0.05) is 17.2 Å². The molecule has 0 fully saturated rings. The van der Waals surface area contributed by atoms with Crippen LogP contribution in [0.1, 0.15) is 60.8 Å². The Hall–Kier alpha value is -4.59. The van der Waals surface area contributed by atoms with E-state index < -0.39 is 12.6 Å². The van der Waals surface area contributed by atoms with Gasteiger partial charge >= 0.3 is 5.97 Å². The molecular formula is C28H24N2O6. The molecule has 1 aliphatic heterocycles. The largest absolute Gasteiger partial charge is 0.454 e. The van der Waals surface area contributed by atoms with Crippen LogP contribution in [0.4, 0.5) is 5.69 Å². The highest BCUT2D eigenvalue weighted by atomic mass is 16.5. The molecule has 0 unspecified atom stereocenters. The molecule has 182 valence electrons. The van der Waals surface area contributed by atoms with Crippen molar-refractivity contribution >= 4 is 35.2 Å². The first-order valence-corrected chi connectivity index (χ1v) is 11.4. The van der Waals surface area contributed by atoms with Crippen LogP contribution in [0, 0.1) is 5.92 Å². The molecular weight excluding hydrogens is 460 g/mol. The molecule has 0 spiro atoms. The molecule has 3 aromatic rings. The molecule has 0 saturated carbocycles. The minimum Gasteiger partial charge on any atom is -0.454 e. The molecule has 0 saturated heterocycles. The highest BCUT2D eigenvalue weighted by Gasteiger charge is 2.34. The van der Waals surface area contributed by atoms with Crippen LogP contribution >= 0.6 is 0 Å². The number of esters is 1. The number of amides is 3. The van der Waals surface area contributed by atoms with Gasteiger partial charge in [-0.2, -0.15) is 0 Å². The molecule has 1 heterocycles. The van der Waals surface area contributed by atoms with Gasteiger partial charge in [-0.15, -0.1) is 0 Å². The quantitative estimate of drug-likeness (QED) is 0.293. The number of hydrogen-bond donors (Lipinski definition) is 1. The van der Waals surface area contributed by atoms with Crippen LogP contribution in [0.3, 0.4) is 0 Å². The van der Waals surface area contributed by atoms with E-state index in [0.29, 0.717) is 27.9 Å². The summed E-state index contributed by atoms with van der Waals surface area (Å²) in [4.78, 5) is 62.8. The summed E-state index contributed by atoms with van der Waals surface area (Å²) in [5.41, 5.74) is 2.58. The van der Waals surface area contributed by atoms with Gasteiger partial charge in [0.05, 0.1) is 23.2 Å². The molecule has 8 nitrogen and oxygen atoms in total. The zero-order valence-corrected chi connectivity index (χ0v) is 19.8. The number of ketones is 1. The Kier molecular flexibility index (Phi) is 7.05. The summed E-state index contributed by atoms with van der Waals surface area (Å²) in [5.74, 6) is -2.05. The Morgan fingerprint density at radius 3 is 1.92 bits per heavy atom. The molecule has 8 heteroatoms. The van der Waals surface area contributed by atoms with Crippen LogP contribution in [0.5, 0.6) is 0 Å². The number of benzene rings is 3. The predicted molar refractivity (Wildman–Crippen MR) is 132 cm³/mol. The van der Waals surface area contributed by atoms with E-state index in [9.17, 15) is 24.0 Å². The van der Waals surface area contributed by atoms with Crippen molar-refractivity contribution in [3.63, 3.8) is 0 Å². The smallest absolute Gasteiger partial charge is 0.338 e. The van der Waals surface area contributed by atoms with E-state index in [2.05, 4.69) is 5.32 Å². The lowest BCUT2D eigenvalue weighted by atomic mass is 10.1. The lowest BCUT2D eigenvalue weighted by Crippen LogP contribution is -2.29. The Morgan fingerprint density at radius 2 is 1.36 bits per heavy atom. The number of Topliss-reactive ketones (excluding diaryl/α,β-unsaturated/α-hetero) is 1. The van der Waals surface area contributed by atoms with Crippen molar-refractivity contribution in [2.45, 2.75) is 20.4 Å². The van der Waals surface area contributed by atoms with Gasteiger partial charge in [-0.25, -0.2) is 4.79 Å². The van der Waals surface area contributed by atoms with E-state index in [4.69, 9.17) is 4.74 Å². The van der Waals surface area contributed by atoms with Crippen LogP contribution in [0.2, 0.25) is 0 Å². The summed E-state index contributed by atoms with van der Waals surface area (Å²) in [5, 5.41) is 2.74. The van der Waals surface area contributed by atoms with Crippen LogP contribution in [-0.2, 0) is 16.1 Å². The molecule has 36 heavy (non-hydrogen) atoms. The molecule has 1 N–H and O–H groups in total. The van der Waals surface area contributed by atoms with Gasteiger partial charge in [0.1, 0.15) is 0 Å². The van der Waals surface area contributed by atoms with Gasteiger partial charge in [0.25, 0.3) is 11.8 Å². The first-order valence-electron chi connectivity index (χ1n) is 11.4. The highest BCUT2D eigenvalue weighted by Crippen LogP contribution is 2.24. The van der Waals surface area contributed by atoms with E-state index >= 15 is 0 Å². The first-order chi connectivity index (χ1) is 17.2. The maximum absolute atomic E-state index is 12.5. The second kappa shape index (κ2) is 10.4. The molecule has 0 aromatic heterocycles. The molecule has 3 amide bonds. The number of fused-ring (bicyclic) bond motifs is 1. The van der Waals surface area contributed by atoms with Crippen molar-refractivity contribution in [1.82, 2.24) is 4.90 Å². The highest BCUT2D eigenvalue weighted by molar-refractivity contribution is 6.21. The normalized spacial score (nSPS) is 12.5. The Labute approximate surface area is 207 Å². The van der Waals surface area contributed by atoms with E-state index in [1.54, 1.807) is 74.5 Å². The summed E-state index contributed by atoms with van der Waals surface area (Å²) < 4.78 is 5.14. The summed E-state index contributed by atoms with van der Waals surface area (Å²) >= 11 is 0. The summed E-state index contributed by atoms with van der Waals surface area (Å²) in [6, 6.07) is 19.3. The average molecular weight is 485 g/mol. The van der Waals surface area contributed by atoms with Crippen LogP contribution in [0.15, 0.2) is 72.8 Å². The van der Waals surface area contributed by atoms with Gasteiger partial charge in [-0.05, 0) is 54.1 Å². The monoisotopic (exact) mass is 484 g/mol. The number of ether oxygens (including phenoxy) is 1. The van der Waals surface area contributed by atoms with Gasteiger partial charge in [0.2, 0.25) is 5.91 Å². The van der Waals surface area contributed by atoms with E-state index in [1.165, 1.54) is 12.1 Å². The number of nitrogens with zero attached hydrogens (tertiary/aromatic N) is 1. The number of hydrogen-bond acceptors (Lipinski definition) is 6. The Balaban J connectivity index is 1.31. The number of imide groups is 1. The first kappa shape index (κ1) is 24.5. The number of rotatable bonds is 8. The minimum atomic E-state index is -0.670. The van der Waals surface area contributed by atoms with Crippen molar-refractivity contribution in [3.05, 3.63) is 101 Å². The average Bonchev–Trinajstić information content (AvgIpc) is 3.12. The maximum Gasteiger partial charge on any atom is 0.338 e. The number of carbonyl (C=O) groups excluding carboxylic acids is 5. The fourth-order valence-electron chi connectivity index (χ4n) is 3.64. The van der Waals surface area contributed by atoms with E-state index in [-0.39, 0.29) is 41.5 Å². The minimum absolute atomic E-state index is 0.0772. The third-order valence-corrected chi connectivity index (χ3v) is 5.74. The number of carbonyl (C=O) groups is 5. The standard InChI is InChI=1S/C28H24N2O6/c1-17(2)25(32)29-21-13-11-19(12-14-21)24(31)16-36-28(35)20-9-7-18(8-10-20)15-30-26(33)22-5-3-4-6-23(22)27(30)34/h3-14,17H,15-16H2,1-2H3,(H,29,32). The number of anilines is 1. The fraction of sp³-hybridized carbons (Fsp3) is 0.179. The van der Waals surface area contributed by atoms with Crippen molar-refractivity contribution in [2.75, 3.05) is 11.9 Å². The third-order valence-electron chi connectivity index (χ3n) is 5.74.